The summed E-state index contributed by atoms with van der Waals surface area (Å²) in [4.78, 5) is 2.30. The molecule has 122 valence electrons. The Morgan fingerprint density at radius 3 is 2.50 bits per heavy atom. The Labute approximate surface area is 133 Å². The number of nitrogens with zero attached hydrogens (tertiary/aromatic N) is 1. The summed E-state index contributed by atoms with van der Waals surface area (Å²) in [6, 6.07) is 10.2. The number of piperidine rings is 1. The Kier molecular flexibility index (Phi) is 5.47. The van der Waals surface area contributed by atoms with Gasteiger partial charge in [0, 0.05) is 19.0 Å². The van der Waals surface area contributed by atoms with Crippen LogP contribution >= 0.6 is 0 Å². The van der Waals surface area contributed by atoms with Gasteiger partial charge in [-0.05, 0) is 37.9 Å². The molecule has 1 aliphatic carbocycles. The number of benzene rings is 1. The molecule has 2 aliphatic rings. The van der Waals surface area contributed by atoms with Crippen LogP contribution in [0.4, 0.5) is 0 Å². The smallest absolute Gasteiger partial charge is 0.0761 e. The van der Waals surface area contributed by atoms with Crippen LogP contribution in [-0.4, -0.2) is 53.0 Å². The zero-order valence-electron chi connectivity index (χ0n) is 13.2. The van der Waals surface area contributed by atoms with E-state index < -0.39 is 12.2 Å². The third-order valence-electron chi connectivity index (χ3n) is 5.16. The molecule has 4 atom stereocenters. The molecule has 0 spiro atoms. The van der Waals surface area contributed by atoms with E-state index in [1.54, 1.807) is 0 Å². The van der Waals surface area contributed by atoms with Crippen molar-refractivity contribution in [2.75, 3.05) is 19.6 Å². The molecule has 1 aromatic carbocycles. The van der Waals surface area contributed by atoms with E-state index in [9.17, 15) is 10.2 Å². The number of hydrogen-bond donors (Lipinski definition) is 3. The van der Waals surface area contributed by atoms with E-state index in [2.05, 4.69) is 22.3 Å². The SMILES string of the molecule is O[C@H]1[C@@H](CNCc2ccccc2)C[C@@H](O)[C@@H]1N1CCCCC1. The summed E-state index contributed by atoms with van der Waals surface area (Å²) >= 11 is 0. The molecule has 0 radical (unpaired) electrons. The van der Waals surface area contributed by atoms with Crippen LogP contribution < -0.4 is 5.32 Å². The normalized spacial score (nSPS) is 33.2. The van der Waals surface area contributed by atoms with E-state index in [0.717, 1.165) is 26.2 Å². The van der Waals surface area contributed by atoms with Gasteiger partial charge in [0.15, 0.2) is 0 Å². The number of aliphatic hydroxyl groups is 2. The molecule has 1 saturated heterocycles. The van der Waals surface area contributed by atoms with Gasteiger partial charge in [-0.2, -0.15) is 0 Å². The van der Waals surface area contributed by atoms with Gasteiger partial charge in [0.1, 0.15) is 0 Å². The number of rotatable bonds is 5. The largest absolute Gasteiger partial charge is 0.391 e. The molecule has 1 saturated carbocycles. The summed E-state index contributed by atoms with van der Waals surface area (Å²) < 4.78 is 0. The molecule has 0 bridgehead atoms. The van der Waals surface area contributed by atoms with Crippen LogP contribution in [0.5, 0.6) is 0 Å². The highest BCUT2D eigenvalue weighted by Gasteiger charge is 2.44. The minimum atomic E-state index is -0.420. The van der Waals surface area contributed by atoms with Crippen LogP contribution in [0.2, 0.25) is 0 Å². The molecular formula is C18H28N2O2. The van der Waals surface area contributed by atoms with Crippen molar-refractivity contribution in [1.82, 2.24) is 10.2 Å². The van der Waals surface area contributed by atoms with E-state index in [4.69, 9.17) is 0 Å². The highest BCUT2D eigenvalue weighted by atomic mass is 16.3. The molecule has 0 aromatic heterocycles. The minimum Gasteiger partial charge on any atom is -0.391 e. The van der Waals surface area contributed by atoms with Gasteiger partial charge in [-0.3, -0.25) is 4.90 Å². The first kappa shape index (κ1) is 15.9. The van der Waals surface area contributed by atoms with E-state index in [1.165, 1.54) is 24.8 Å². The summed E-state index contributed by atoms with van der Waals surface area (Å²) in [6.45, 7) is 3.61. The van der Waals surface area contributed by atoms with Gasteiger partial charge in [0.2, 0.25) is 0 Å². The second-order valence-corrected chi connectivity index (χ2v) is 6.76. The minimum absolute atomic E-state index is 0.0659. The molecule has 0 unspecified atom stereocenters. The van der Waals surface area contributed by atoms with E-state index in [0.29, 0.717) is 6.42 Å². The lowest BCUT2D eigenvalue weighted by atomic mass is 10.0. The third-order valence-corrected chi connectivity index (χ3v) is 5.16. The van der Waals surface area contributed by atoms with Crippen LogP contribution in [0, 0.1) is 5.92 Å². The Morgan fingerprint density at radius 1 is 1.05 bits per heavy atom. The zero-order chi connectivity index (χ0) is 15.4. The van der Waals surface area contributed by atoms with E-state index in [-0.39, 0.29) is 12.0 Å². The van der Waals surface area contributed by atoms with Crippen LogP contribution in [0.25, 0.3) is 0 Å². The Bertz CT molecular complexity index is 448. The van der Waals surface area contributed by atoms with Gasteiger partial charge < -0.3 is 15.5 Å². The predicted octanol–water partition coefficient (Wildman–Crippen LogP) is 1.37. The van der Waals surface area contributed by atoms with Crippen molar-refractivity contribution in [3.63, 3.8) is 0 Å². The van der Waals surface area contributed by atoms with E-state index >= 15 is 0 Å². The van der Waals surface area contributed by atoms with Gasteiger partial charge in [-0.15, -0.1) is 0 Å². The number of likely N-dealkylation sites (tertiary alicyclic amines) is 1. The summed E-state index contributed by atoms with van der Waals surface area (Å²) in [7, 11) is 0. The van der Waals surface area contributed by atoms with Crippen molar-refractivity contribution in [2.24, 2.45) is 5.92 Å². The first-order valence-electron chi connectivity index (χ1n) is 8.60. The average molecular weight is 304 g/mol. The lowest BCUT2D eigenvalue weighted by molar-refractivity contribution is -0.00381. The van der Waals surface area contributed by atoms with Crippen LogP contribution in [0.1, 0.15) is 31.2 Å². The summed E-state index contributed by atoms with van der Waals surface area (Å²) in [5, 5.41) is 24.4. The van der Waals surface area contributed by atoms with Gasteiger partial charge in [0.05, 0.1) is 18.2 Å². The molecule has 2 fully saturated rings. The molecule has 3 N–H and O–H groups in total. The van der Waals surface area contributed by atoms with Crippen molar-refractivity contribution < 1.29 is 10.2 Å². The van der Waals surface area contributed by atoms with Gasteiger partial charge in [0.25, 0.3) is 0 Å². The van der Waals surface area contributed by atoms with Crippen molar-refractivity contribution in [3.05, 3.63) is 35.9 Å². The number of aliphatic hydroxyl groups excluding tert-OH is 2. The highest BCUT2D eigenvalue weighted by Crippen LogP contribution is 2.31. The fourth-order valence-corrected chi connectivity index (χ4v) is 3.97. The summed E-state index contributed by atoms with van der Waals surface area (Å²) in [5.41, 5.74) is 1.25. The first-order valence-corrected chi connectivity index (χ1v) is 8.60. The standard InChI is InChI=1S/C18H28N2O2/c21-16-11-15(13-19-12-14-7-3-1-4-8-14)18(22)17(16)20-9-5-2-6-10-20/h1,3-4,7-8,15-19,21-22H,2,5-6,9-13H2/t15-,16-,17+,18+/m1/s1. The fourth-order valence-electron chi connectivity index (χ4n) is 3.97. The third kappa shape index (κ3) is 3.69. The molecule has 22 heavy (non-hydrogen) atoms. The molecule has 0 amide bonds. The summed E-state index contributed by atoms with van der Waals surface area (Å²) in [5.74, 6) is 0.144. The maximum Gasteiger partial charge on any atom is 0.0761 e. The van der Waals surface area contributed by atoms with Crippen molar-refractivity contribution in [3.8, 4) is 0 Å². The molecule has 3 rings (SSSR count). The van der Waals surface area contributed by atoms with Crippen molar-refractivity contribution in [1.29, 1.82) is 0 Å². The molecule has 1 heterocycles. The molecule has 1 aromatic rings. The second kappa shape index (κ2) is 7.55. The fraction of sp³-hybridized carbons (Fsp3) is 0.667. The Balaban J connectivity index is 1.50. The first-order chi connectivity index (χ1) is 10.8. The Hall–Kier alpha value is -0.940. The number of nitrogens with one attached hydrogen (secondary N) is 1. The van der Waals surface area contributed by atoms with Crippen molar-refractivity contribution in [2.45, 2.75) is 50.5 Å². The monoisotopic (exact) mass is 304 g/mol. The second-order valence-electron chi connectivity index (χ2n) is 6.76. The maximum atomic E-state index is 10.6. The van der Waals surface area contributed by atoms with Gasteiger partial charge >= 0.3 is 0 Å². The van der Waals surface area contributed by atoms with Crippen molar-refractivity contribution >= 4 is 0 Å². The average Bonchev–Trinajstić information content (AvgIpc) is 2.83. The highest BCUT2D eigenvalue weighted by molar-refractivity contribution is 5.14. The predicted molar refractivity (Wildman–Crippen MR) is 87.5 cm³/mol. The number of hydrogen-bond acceptors (Lipinski definition) is 4. The van der Waals surface area contributed by atoms with Crippen LogP contribution in [-0.2, 0) is 6.54 Å². The van der Waals surface area contributed by atoms with Gasteiger partial charge in [-0.25, -0.2) is 0 Å². The molecule has 4 nitrogen and oxygen atoms in total. The molecule has 4 heteroatoms. The Morgan fingerprint density at radius 2 is 1.77 bits per heavy atom. The zero-order valence-corrected chi connectivity index (χ0v) is 13.2. The lowest BCUT2D eigenvalue weighted by Gasteiger charge is -2.36. The molecular weight excluding hydrogens is 276 g/mol. The van der Waals surface area contributed by atoms with E-state index in [1.807, 2.05) is 18.2 Å². The maximum absolute atomic E-state index is 10.6. The molecule has 1 aliphatic heterocycles. The van der Waals surface area contributed by atoms with Gasteiger partial charge in [-0.1, -0.05) is 36.8 Å². The quantitative estimate of drug-likeness (QED) is 0.769. The summed E-state index contributed by atoms with van der Waals surface area (Å²) in [6.07, 6.45) is 3.54. The van der Waals surface area contributed by atoms with Crippen LogP contribution in [0.3, 0.4) is 0 Å². The topological polar surface area (TPSA) is 55.7 Å². The van der Waals surface area contributed by atoms with Crippen LogP contribution in [0.15, 0.2) is 30.3 Å². The lowest BCUT2D eigenvalue weighted by Crippen LogP contribution is -2.49.